The van der Waals surface area contributed by atoms with Crippen LogP contribution >= 0.6 is 11.8 Å². The van der Waals surface area contributed by atoms with Crippen LogP contribution in [-0.2, 0) is 9.53 Å². The zero-order valence-electron chi connectivity index (χ0n) is 11.1. The number of H-pyrrole nitrogens is 1. The molecule has 0 saturated heterocycles. The van der Waals surface area contributed by atoms with E-state index in [-0.39, 0.29) is 11.2 Å². The number of carbonyl (C=O) groups excluding carboxylic acids is 1. The maximum atomic E-state index is 11.6. The number of thioether (sulfide) groups is 1. The second-order valence-corrected chi connectivity index (χ2v) is 5.27. The van der Waals surface area contributed by atoms with Crippen molar-refractivity contribution in [2.24, 2.45) is 0 Å². The molecule has 1 aromatic carbocycles. The minimum atomic E-state index is -0.289. The van der Waals surface area contributed by atoms with Crippen molar-refractivity contribution in [1.29, 1.82) is 0 Å². The number of hydrogen-bond acceptors (Lipinski definition) is 5. The van der Waals surface area contributed by atoms with Gasteiger partial charge in [-0.1, -0.05) is 11.8 Å². The van der Waals surface area contributed by atoms with Crippen molar-refractivity contribution in [3.05, 3.63) is 18.2 Å². The summed E-state index contributed by atoms with van der Waals surface area (Å²) in [4.78, 5) is 19.1. The minimum absolute atomic E-state index is 0.231. The molecular weight excluding hydrogens is 264 g/mol. The molecule has 2 aromatic rings. The molecule has 1 atom stereocenters. The molecule has 0 saturated carbocycles. The second-order valence-electron chi connectivity index (χ2n) is 3.94. The third-order valence-electron chi connectivity index (χ3n) is 2.57. The maximum Gasteiger partial charge on any atom is 0.319 e. The number of hydrogen-bond donors (Lipinski definition) is 1. The monoisotopic (exact) mass is 280 g/mol. The molecule has 1 heterocycles. The summed E-state index contributed by atoms with van der Waals surface area (Å²) in [5, 5.41) is 0.409. The number of ether oxygens (including phenoxy) is 2. The molecule has 0 spiro atoms. The number of benzene rings is 1. The first-order chi connectivity index (χ1) is 9.13. The molecule has 5 nitrogen and oxygen atoms in total. The van der Waals surface area contributed by atoms with E-state index in [2.05, 4.69) is 9.97 Å². The minimum Gasteiger partial charge on any atom is -0.497 e. The average molecular weight is 280 g/mol. The molecule has 0 aliphatic carbocycles. The van der Waals surface area contributed by atoms with Gasteiger partial charge in [-0.05, 0) is 26.0 Å². The lowest BCUT2D eigenvalue weighted by molar-refractivity contribution is -0.142. The van der Waals surface area contributed by atoms with Crippen molar-refractivity contribution < 1.29 is 14.3 Å². The van der Waals surface area contributed by atoms with Gasteiger partial charge >= 0.3 is 5.97 Å². The van der Waals surface area contributed by atoms with E-state index in [0.717, 1.165) is 16.8 Å². The molecule has 0 radical (unpaired) electrons. The number of aromatic amines is 1. The zero-order valence-corrected chi connectivity index (χ0v) is 11.9. The van der Waals surface area contributed by atoms with Crippen LogP contribution in [0.5, 0.6) is 5.75 Å². The number of rotatable bonds is 5. The highest BCUT2D eigenvalue weighted by Gasteiger charge is 2.17. The first kappa shape index (κ1) is 13.7. The van der Waals surface area contributed by atoms with Gasteiger partial charge in [0.2, 0.25) is 0 Å². The van der Waals surface area contributed by atoms with Gasteiger partial charge in [0.1, 0.15) is 11.0 Å². The zero-order chi connectivity index (χ0) is 13.8. The Labute approximate surface area is 115 Å². The standard InChI is InChI=1S/C13H16N2O3S/c1-4-18-12(16)8(2)19-13-14-10-6-5-9(17-3)7-11(10)15-13/h5-8H,4H2,1-3H3,(H,14,15). The number of fused-ring (bicyclic) bond motifs is 1. The Morgan fingerprint density at radius 3 is 3.00 bits per heavy atom. The quantitative estimate of drug-likeness (QED) is 0.673. The summed E-state index contributed by atoms with van der Waals surface area (Å²) in [7, 11) is 1.62. The summed E-state index contributed by atoms with van der Waals surface area (Å²) in [6.45, 7) is 3.99. The van der Waals surface area contributed by atoms with Crippen LogP contribution in [-0.4, -0.2) is 34.9 Å². The first-order valence-corrected chi connectivity index (χ1v) is 6.89. The SMILES string of the molecule is CCOC(=O)C(C)Sc1nc2ccc(OC)cc2[nH]1. The second kappa shape index (κ2) is 5.97. The van der Waals surface area contributed by atoms with Gasteiger partial charge in [0, 0.05) is 6.07 Å². The lowest BCUT2D eigenvalue weighted by Crippen LogP contribution is -2.16. The third-order valence-corrected chi connectivity index (χ3v) is 3.54. The van der Waals surface area contributed by atoms with Gasteiger partial charge in [0.05, 0.1) is 24.8 Å². The molecular formula is C13H16N2O3S. The number of nitrogens with one attached hydrogen (secondary N) is 1. The van der Waals surface area contributed by atoms with Crippen molar-refractivity contribution in [1.82, 2.24) is 9.97 Å². The van der Waals surface area contributed by atoms with Gasteiger partial charge in [-0.15, -0.1) is 0 Å². The Bertz CT molecular complexity index is 582. The van der Waals surface area contributed by atoms with Crippen molar-refractivity contribution in [3.63, 3.8) is 0 Å². The highest BCUT2D eigenvalue weighted by atomic mass is 32.2. The van der Waals surface area contributed by atoms with E-state index in [9.17, 15) is 4.79 Å². The molecule has 1 N–H and O–H groups in total. The predicted octanol–water partition coefficient (Wildman–Crippen LogP) is 2.62. The number of methoxy groups -OCH3 is 1. The van der Waals surface area contributed by atoms with E-state index < -0.39 is 0 Å². The molecule has 0 aliphatic rings. The van der Waals surface area contributed by atoms with Crippen molar-refractivity contribution in [2.45, 2.75) is 24.3 Å². The van der Waals surface area contributed by atoms with Gasteiger partial charge in [-0.3, -0.25) is 4.79 Å². The summed E-state index contributed by atoms with van der Waals surface area (Å²) < 4.78 is 10.1. The molecule has 0 amide bonds. The summed E-state index contributed by atoms with van der Waals surface area (Å²) in [6, 6.07) is 5.61. The summed E-state index contributed by atoms with van der Waals surface area (Å²) in [5.74, 6) is 0.539. The fraction of sp³-hybridized carbons (Fsp3) is 0.385. The highest BCUT2D eigenvalue weighted by Crippen LogP contribution is 2.26. The number of esters is 1. The number of imidazole rings is 1. The highest BCUT2D eigenvalue weighted by molar-refractivity contribution is 8.00. The van der Waals surface area contributed by atoms with Crippen LogP contribution in [0.4, 0.5) is 0 Å². The fourth-order valence-corrected chi connectivity index (χ4v) is 2.44. The van der Waals surface area contributed by atoms with Crippen LogP contribution in [0.3, 0.4) is 0 Å². The van der Waals surface area contributed by atoms with Gasteiger partial charge < -0.3 is 14.5 Å². The lowest BCUT2D eigenvalue weighted by atomic mass is 10.3. The molecule has 2 rings (SSSR count). The number of nitrogens with zero attached hydrogens (tertiary/aromatic N) is 1. The molecule has 19 heavy (non-hydrogen) atoms. The van der Waals surface area contributed by atoms with Gasteiger partial charge in [-0.2, -0.15) is 0 Å². The Kier molecular flexibility index (Phi) is 4.31. The van der Waals surface area contributed by atoms with E-state index >= 15 is 0 Å². The molecule has 0 aliphatic heterocycles. The van der Waals surface area contributed by atoms with E-state index in [0.29, 0.717) is 11.8 Å². The van der Waals surface area contributed by atoms with E-state index in [1.807, 2.05) is 18.2 Å². The average Bonchev–Trinajstić information content (AvgIpc) is 2.79. The van der Waals surface area contributed by atoms with Crippen LogP contribution in [0.1, 0.15) is 13.8 Å². The van der Waals surface area contributed by atoms with Crippen LogP contribution in [0.15, 0.2) is 23.4 Å². The third kappa shape index (κ3) is 3.20. The van der Waals surface area contributed by atoms with Crippen molar-refractivity contribution >= 4 is 28.8 Å². The van der Waals surface area contributed by atoms with E-state index in [1.54, 1.807) is 21.0 Å². The van der Waals surface area contributed by atoms with Crippen LogP contribution < -0.4 is 4.74 Å². The summed E-state index contributed by atoms with van der Waals surface area (Å²) >= 11 is 1.35. The Morgan fingerprint density at radius 1 is 1.53 bits per heavy atom. The van der Waals surface area contributed by atoms with Gasteiger partial charge in [-0.25, -0.2) is 4.98 Å². The molecule has 1 unspecified atom stereocenters. The summed E-state index contributed by atoms with van der Waals surface area (Å²) in [5.41, 5.74) is 1.73. The largest absolute Gasteiger partial charge is 0.497 e. The van der Waals surface area contributed by atoms with E-state index in [1.165, 1.54) is 11.8 Å². The topological polar surface area (TPSA) is 64.2 Å². The van der Waals surface area contributed by atoms with Crippen LogP contribution in [0, 0.1) is 0 Å². The molecule has 6 heteroatoms. The molecule has 0 fully saturated rings. The van der Waals surface area contributed by atoms with Crippen LogP contribution in [0.25, 0.3) is 11.0 Å². The fourth-order valence-electron chi connectivity index (χ4n) is 1.62. The Balaban J connectivity index is 2.15. The first-order valence-electron chi connectivity index (χ1n) is 6.01. The molecule has 102 valence electrons. The van der Waals surface area contributed by atoms with Gasteiger partial charge in [0.25, 0.3) is 0 Å². The normalized spacial score (nSPS) is 12.4. The van der Waals surface area contributed by atoms with E-state index in [4.69, 9.17) is 9.47 Å². The van der Waals surface area contributed by atoms with Crippen molar-refractivity contribution in [3.8, 4) is 5.75 Å². The molecule has 0 bridgehead atoms. The number of carbonyl (C=O) groups is 1. The number of aromatic nitrogens is 2. The maximum absolute atomic E-state index is 11.6. The predicted molar refractivity (Wildman–Crippen MR) is 74.6 cm³/mol. The Hall–Kier alpha value is -1.69. The Morgan fingerprint density at radius 2 is 2.32 bits per heavy atom. The van der Waals surface area contributed by atoms with Crippen molar-refractivity contribution in [2.75, 3.05) is 13.7 Å². The van der Waals surface area contributed by atoms with Gasteiger partial charge in [0.15, 0.2) is 5.16 Å². The lowest BCUT2D eigenvalue weighted by Gasteiger charge is -2.07. The molecule has 1 aromatic heterocycles. The summed E-state index contributed by atoms with van der Waals surface area (Å²) in [6.07, 6.45) is 0. The van der Waals surface area contributed by atoms with Crippen LogP contribution in [0.2, 0.25) is 0 Å². The smallest absolute Gasteiger partial charge is 0.319 e.